The second-order valence-electron chi connectivity index (χ2n) is 4.51. The Bertz CT molecular complexity index is 344. The van der Waals surface area contributed by atoms with Gasteiger partial charge in [-0.1, -0.05) is 18.9 Å². The summed E-state index contributed by atoms with van der Waals surface area (Å²) in [7, 11) is 1.69. The van der Waals surface area contributed by atoms with Gasteiger partial charge < -0.3 is 10.5 Å². The predicted octanol–water partition coefficient (Wildman–Crippen LogP) is 2.80. The monoisotopic (exact) mass is 205 g/mol. The van der Waals surface area contributed by atoms with E-state index >= 15 is 0 Å². The van der Waals surface area contributed by atoms with Gasteiger partial charge in [0, 0.05) is 6.04 Å². The second kappa shape index (κ2) is 4.23. The molecule has 0 aromatic heterocycles. The van der Waals surface area contributed by atoms with E-state index in [-0.39, 0.29) is 6.04 Å². The third-order valence-electron chi connectivity index (χ3n) is 3.16. The van der Waals surface area contributed by atoms with Gasteiger partial charge in [-0.3, -0.25) is 0 Å². The lowest BCUT2D eigenvalue weighted by Crippen LogP contribution is -2.12. The molecule has 0 aliphatic heterocycles. The van der Waals surface area contributed by atoms with Crippen molar-refractivity contribution in [1.29, 1.82) is 0 Å². The van der Waals surface area contributed by atoms with Gasteiger partial charge in [-0.2, -0.15) is 0 Å². The Hall–Kier alpha value is -1.02. The molecule has 0 spiro atoms. The van der Waals surface area contributed by atoms with Crippen molar-refractivity contribution in [2.24, 2.45) is 11.7 Å². The van der Waals surface area contributed by atoms with Gasteiger partial charge in [-0.25, -0.2) is 0 Å². The van der Waals surface area contributed by atoms with Gasteiger partial charge in [0.05, 0.1) is 7.11 Å². The summed E-state index contributed by atoms with van der Waals surface area (Å²) in [6.45, 7) is 2.10. The molecule has 0 heterocycles. The van der Waals surface area contributed by atoms with Crippen molar-refractivity contribution in [3.8, 4) is 5.75 Å². The predicted molar refractivity (Wildman–Crippen MR) is 62.0 cm³/mol. The molecule has 82 valence electrons. The minimum Gasteiger partial charge on any atom is -0.497 e. The fraction of sp³-hybridized carbons (Fsp3) is 0.538. The summed E-state index contributed by atoms with van der Waals surface area (Å²) >= 11 is 0. The quantitative estimate of drug-likeness (QED) is 0.820. The molecule has 0 radical (unpaired) electrons. The van der Waals surface area contributed by atoms with Crippen molar-refractivity contribution < 1.29 is 4.74 Å². The number of benzene rings is 1. The maximum Gasteiger partial charge on any atom is 0.119 e. The highest BCUT2D eigenvalue weighted by Crippen LogP contribution is 2.37. The first kappa shape index (κ1) is 10.5. The minimum atomic E-state index is 0.198. The fourth-order valence-corrected chi connectivity index (χ4v) is 2.03. The number of hydrogen-bond acceptors (Lipinski definition) is 2. The first-order chi connectivity index (χ1) is 7.20. The summed E-state index contributed by atoms with van der Waals surface area (Å²) in [5.41, 5.74) is 8.69. The zero-order chi connectivity index (χ0) is 10.8. The van der Waals surface area contributed by atoms with E-state index in [2.05, 4.69) is 19.1 Å². The van der Waals surface area contributed by atoms with E-state index in [0.29, 0.717) is 0 Å². The van der Waals surface area contributed by atoms with Crippen LogP contribution in [0, 0.1) is 12.8 Å². The molecule has 2 rings (SSSR count). The lowest BCUT2D eigenvalue weighted by atomic mass is 9.97. The van der Waals surface area contributed by atoms with E-state index in [9.17, 15) is 0 Å². The van der Waals surface area contributed by atoms with E-state index in [0.717, 1.165) is 18.1 Å². The van der Waals surface area contributed by atoms with E-state index in [4.69, 9.17) is 10.5 Å². The number of rotatable bonds is 4. The van der Waals surface area contributed by atoms with Crippen LogP contribution in [0.15, 0.2) is 18.2 Å². The summed E-state index contributed by atoms with van der Waals surface area (Å²) in [5.74, 6) is 1.79. The van der Waals surface area contributed by atoms with E-state index in [1.54, 1.807) is 7.11 Å². The second-order valence-corrected chi connectivity index (χ2v) is 4.51. The summed E-state index contributed by atoms with van der Waals surface area (Å²) in [5, 5.41) is 0. The third kappa shape index (κ3) is 2.51. The first-order valence-electron chi connectivity index (χ1n) is 5.61. The highest BCUT2D eigenvalue weighted by Gasteiger charge is 2.24. The van der Waals surface area contributed by atoms with Crippen LogP contribution in [-0.4, -0.2) is 7.11 Å². The van der Waals surface area contributed by atoms with Crippen LogP contribution in [0.2, 0.25) is 0 Å². The van der Waals surface area contributed by atoms with E-state index < -0.39 is 0 Å². The Balaban J connectivity index is 2.11. The van der Waals surface area contributed by atoms with Crippen LogP contribution in [-0.2, 0) is 0 Å². The molecule has 1 atom stereocenters. The smallest absolute Gasteiger partial charge is 0.119 e. The fourth-order valence-electron chi connectivity index (χ4n) is 2.03. The van der Waals surface area contributed by atoms with Gasteiger partial charge in [0.2, 0.25) is 0 Å². The summed E-state index contributed by atoms with van der Waals surface area (Å²) in [6.07, 6.45) is 3.86. The van der Waals surface area contributed by atoms with Gasteiger partial charge in [0.25, 0.3) is 0 Å². The van der Waals surface area contributed by atoms with E-state index in [1.165, 1.54) is 24.0 Å². The first-order valence-corrected chi connectivity index (χ1v) is 5.61. The van der Waals surface area contributed by atoms with Crippen LogP contribution < -0.4 is 10.5 Å². The van der Waals surface area contributed by atoms with Gasteiger partial charge in [-0.05, 0) is 42.5 Å². The molecule has 1 saturated carbocycles. The number of methoxy groups -OCH3 is 1. The molecule has 2 nitrogen and oxygen atoms in total. The Morgan fingerprint density at radius 2 is 2.20 bits per heavy atom. The number of aryl methyl sites for hydroxylation is 1. The molecule has 1 fully saturated rings. The highest BCUT2D eigenvalue weighted by atomic mass is 16.5. The molecule has 0 amide bonds. The lowest BCUT2D eigenvalue weighted by molar-refractivity contribution is 0.414. The molecule has 2 N–H and O–H groups in total. The van der Waals surface area contributed by atoms with Gasteiger partial charge in [-0.15, -0.1) is 0 Å². The normalized spacial score (nSPS) is 17.5. The third-order valence-corrected chi connectivity index (χ3v) is 3.16. The van der Waals surface area contributed by atoms with Gasteiger partial charge in [0.15, 0.2) is 0 Å². The van der Waals surface area contributed by atoms with Crippen LogP contribution in [0.1, 0.15) is 36.4 Å². The number of ether oxygens (including phenoxy) is 1. The molecular weight excluding hydrogens is 186 g/mol. The molecule has 0 bridgehead atoms. The molecule has 15 heavy (non-hydrogen) atoms. The van der Waals surface area contributed by atoms with Crippen molar-refractivity contribution >= 4 is 0 Å². The molecule has 0 saturated heterocycles. The van der Waals surface area contributed by atoms with Crippen molar-refractivity contribution in [2.75, 3.05) is 7.11 Å². The largest absolute Gasteiger partial charge is 0.497 e. The topological polar surface area (TPSA) is 35.2 Å². The van der Waals surface area contributed by atoms with Crippen molar-refractivity contribution in [3.63, 3.8) is 0 Å². The maximum absolute atomic E-state index is 6.19. The Labute approximate surface area is 91.4 Å². The average molecular weight is 205 g/mol. The maximum atomic E-state index is 6.19. The number of nitrogens with two attached hydrogens (primary N) is 1. The van der Waals surface area contributed by atoms with Crippen molar-refractivity contribution in [2.45, 2.75) is 32.2 Å². The summed E-state index contributed by atoms with van der Waals surface area (Å²) in [4.78, 5) is 0. The Kier molecular flexibility index (Phi) is 2.96. The molecule has 1 aliphatic rings. The average Bonchev–Trinajstić information content (AvgIpc) is 3.01. The van der Waals surface area contributed by atoms with E-state index in [1.807, 2.05) is 6.07 Å². The Morgan fingerprint density at radius 3 is 2.73 bits per heavy atom. The summed E-state index contributed by atoms with van der Waals surface area (Å²) < 4.78 is 5.18. The molecule has 1 aromatic carbocycles. The summed E-state index contributed by atoms with van der Waals surface area (Å²) in [6, 6.07) is 6.35. The number of hydrogen-bond donors (Lipinski definition) is 1. The van der Waals surface area contributed by atoms with Crippen molar-refractivity contribution in [1.82, 2.24) is 0 Å². The van der Waals surface area contributed by atoms with Crippen molar-refractivity contribution in [3.05, 3.63) is 29.3 Å². The SMILES string of the molecule is COc1ccc([C@H](N)CC2CC2)c(C)c1. The molecule has 2 heteroatoms. The Morgan fingerprint density at radius 1 is 1.47 bits per heavy atom. The zero-order valence-electron chi connectivity index (χ0n) is 9.49. The van der Waals surface area contributed by atoms with Gasteiger partial charge in [0.1, 0.15) is 5.75 Å². The van der Waals surface area contributed by atoms with Crippen LogP contribution in [0.3, 0.4) is 0 Å². The zero-order valence-corrected chi connectivity index (χ0v) is 9.49. The van der Waals surface area contributed by atoms with Crippen LogP contribution in [0.25, 0.3) is 0 Å². The molecular formula is C13H19NO. The van der Waals surface area contributed by atoms with Gasteiger partial charge >= 0.3 is 0 Å². The van der Waals surface area contributed by atoms with Crippen LogP contribution >= 0.6 is 0 Å². The molecule has 0 unspecified atom stereocenters. The van der Waals surface area contributed by atoms with Crippen LogP contribution in [0.4, 0.5) is 0 Å². The van der Waals surface area contributed by atoms with Crippen LogP contribution in [0.5, 0.6) is 5.75 Å². The lowest BCUT2D eigenvalue weighted by Gasteiger charge is -2.15. The molecule has 1 aromatic rings. The minimum absolute atomic E-state index is 0.198. The standard InChI is InChI=1S/C13H19NO/c1-9-7-11(15-2)5-6-12(9)13(14)8-10-3-4-10/h5-7,10,13H,3-4,8,14H2,1-2H3/t13-/m1/s1. The molecule has 1 aliphatic carbocycles. The highest BCUT2D eigenvalue weighted by molar-refractivity contribution is 5.36.